The number of carboxylic acids is 1. The minimum Gasteiger partial charge on any atom is -0.481 e. The highest BCUT2D eigenvalue weighted by Crippen LogP contribution is 2.13. The highest BCUT2D eigenvalue weighted by Gasteiger charge is 2.03. The monoisotopic (exact) mass is 204 g/mol. The normalized spacial score (nSPS) is 9.70. The van der Waals surface area contributed by atoms with Crippen molar-refractivity contribution < 1.29 is 14.3 Å². The first-order chi connectivity index (χ1) is 4.68. The number of hydrogen-bond acceptors (Lipinski definition) is 2. The molecule has 0 spiro atoms. The molecule has 4 heteroatoms. The molecule has 0 aromatic carbocycles. The van der Waals surface area contributed by atoms with Gasteiger partial charge < -0.3 is 9.52 Å². The van der Waals surface area contributed by atoms with Gasteiger partial charge in [0.1, 0.15) is 12.2 Å². The van der Waals surface area contributed by atoms with Crippen LogP contribution in [0.5, 0.6) is 0 Å². The minimum atomic E-state index is -0.887. The Labute approximate surface area is 65.8 Å². The molecule has 1 N–H and O–H groups in total. The topological polar surface area (TPSA) is 50.4 Å². The molecule has 0 fully saturated rings. The Hall–Kier alpha value is -0.770. The molecule has 10 heavy (non-hydrogen) atoms. The molecule has 0 unspecified atom stereocenters. The van der Waals surface area contributed by atoms with Crippen molar-refractivity contribution in [2.24, 2.45) is 0 Å². The third-order valence-electron chi connectivity index (χ3n) is 0.954. The van der Waals surface area contributed by atoms with Crippen LogP contribution in [0.2, 0.25) is 0 Å². The Kier molecular flexibility index (Phi) is 2.11. The van der Waals surface area contributed by atoms with Gasteiger partial charge in [-0.15, -0.1) is 0 Å². The molecule has 0 atom stereocenters. The highest BCUT2D eigenvalue weighted by atomic mass is 79.9. The third kappa shape index (κ3) is 1.88. The highest BCUT2D eigenvalue weighted by molar-refractivity contribution is 9.10. The van der Waals surface area contributed by atoms with Crippen LogP contribution in [0, 0.1) is 0 Å². The van der Waals surface area contributed by atoms with E-state index in [1.54, 1.807) is 12.1 Å². The average Bonchev–Trinajstić information content (AvgIpc) is 2.13. The summed E-state index contributed by atoms with van der Waals surface area (Å²) in [6, 6.07) is 3.29. The number of aliphatic carboxylic acids is 1. The number of halogens is 1. The van der Waals surface area contributed by atoms with Crippen molar-refractivity contribution in [2.45, 2.75) is 6.42 Å². The number of furan rings is 1. The lowest BCUT2D eigenvalue weighted by Crippen LogP contribution is -1.97. The molecule has 1 rings (SSSR count). The molecular weight excluding hydrogens is 200 g/mol. The maximum Gasteiger partial charge on any atom is 0.311 e. The largest absolute Gasteiger partial charge is 0.481 e. The van der Waals surface area contributed by atoms with Crippen LogP contribution in [-0.4, -0.2) is 11.1 Å². The van der Waals surface area contributed by atoms with E-state index in [1.165, 1.54) is 0 Å². The van der Waals surface area contributed by atoms with Gasteiger partial charge in [-0.05, 0) is 28.1 Å². The van der Waals surface area contributed by atoms with Gasteiger partial charge in [0.2, 0.25) is 0 Å². The van der Waals surface area contributed by atoms with E-state index in [4.69, 9.17) is 9.52 Å². The molecule has 0 bridgehead atoms. The van der Waals surface area contributed by atoms with Crippen molar-refractivity contribution in [3.05, 3.63) is 22.6 Å². The van der Waals surface area contributed by atoms with Crippen molar-refractivity contribution in [2.75, 3.05) is 0 Å². The van der Waals surface area contributed by atoms with E-state index in [0.29, 0.717) is 10.4 Å². The average molecular weight is 205 g/mol. The first-order valence-electron chi connectivity index (χ1n) is 2.64. The fourth-order valence-corrected chi connectivity index (χ4v) is 0.936. The SMILES string of the molecule is O=C(O)Cc1ccc(Br)o1. The summed E-state index contributed by atoms with van der Waals surface area (Å²) in [6.45, 7) is 0. The van der Waals surface area contributed by atoms with Crippen LogP contribution in [0.15, 0.2) is 21.2 Å². The molecule has 0 aliphatic rings. The first kappa shape index (κ1) is 7.34. The van der Waals surface area contributed by atoms with Crippen LogP contribution in [0.25, 0.3) is 0 Å². The Morgan fingerprint density at radius 1 is 1.70 bits per heavy atom. The van der Waals surface area contributed by atoms with Gasteiger partial charge in [-0.3, -0.25) is 4.79 Å². The van der Waals surface area contributed by atoms with Gasteiger partial charge in [0.05, 0.1) is 0 Å². The van der Waals surface area contributed by atoms with E-state index in [1.807, 2.05) is 0 Å². The third-order valence-corrected chi connectivity index (χ3v) is 1.38. The molecule has 3 nitrogen and oxygen atoms in total. The molecule has 54 valence electrons. The summed E-state index contributed by atoms with van der Waals surface area (Å²) >= 11 is 3.06. The molecule has 0 aliphatic heterocycles. The molecule has 1 aromatic rings. The predicted molar refractivity (Wildman–Crippen MR) is 37.7 cm³/mol. The molecular formula is C6H5BrO3. The van der Waals surface area contributed by atoms with Crippen LogP contribution >= 0.6 is 15.9 Å². The van der Waals surface area contributed by atoms with Crippen molar-refractivity contribution >= 4 is 21.9 Å². The maximum atomic E-state index is 10.1. The molecule has 0 saturated heterocycles. The Bertz CT molecular complexity index is 241. The van der Waals surface area contributed by atoms with E-state index in [0.717, 1.165) is 0 Å². The number of rotatable bonds is 2. The van der Waals surface area contributed by atoms with Gasteiger partial charge in [-0.1, -0.05) is 0 Å². The van der Waals surface area contributed by atoms with Gasteiger partial charge in [0.15, 0.2) is 4.67 Å². The van der Waals surface area contributed by atoms with Crippen LogP contribution in [-0.2, 0) is 11.2 Å². The lowest BCUT2D eigenvalue weighted by Gasteiger charge is -1.86. The molecule has 0 amide bonds. The van der Waals surface area contributed by atoms with Gasteiger partial charge in [0, 0.05) is 0 Å². The van der Waals surface area contributed by atoms with Gasteiger partial charge in [-0.2, -0.15) is 0 Å². The molecule has 1 aromatic heterocycles. The zero-order valence-corrected chi connectivity index (χ0v) is 6.59. The molecule has 1 heterocycles. The summed E-state index contributed by atoms with van der Waals surface area (Å²) in [7, 11) is 0. The lowest BCUT2D eigenvalue weighted by molar-refractivity contribution is -0.136. The fraction of sp³-hybridized carbons (Fsp3) is 0.167. The van der Waals surface area contributed by atoms with Crippen LogP contribution in [0.4, 0.5) is 0 Å². The Morgan fingerprint density at radius 3 is 2.80 bits per heavy atom. The number of carboxylic acid groups (broad SMARTS) is 1. The second kappa shape index (κ2) is 2.88. The van der Waals surface area contributed by atoms with E-state index < -0.39 is 5.97 Å². The minimum absolute atomic E-state index is 0.0639. The van der Waals surface area contributed by atoms with E-state index in [2.05, 4.69) is 15.9 Å². The summed E-state index contributed by atoms with van der Waals surface area (Å²) in [4.78, 5) is 10.1. The van der Waals surface area contributed by atoms with E-state index in [9.17, 15) is 4.79 Å². The smallest absolute Gasteiger partial charge is 0.311 e. The van der Waals surface area contributed by atoms with Crippen LogP contribution < -0.4 is 0 Å². The summed E-state index contributed by atoms with van der Waals surface area (Å²) in [5, 5.41) is 8.30. The lowest BCUT2D eigenvalue weighted by atomic mass is 10.3. The van der Waals surface area contributed by atoms with Gasteiger partial charge in [-0.25, -0.2) is 0 Å². The fourth-order valence-electron chi connectivity index (χ4n) is 0.596. The van der Waals surface area contributed by atoms with Crippen molar-refractivity contribution in [3.63, 3.8) is 0 Å². The van der Waals surface area contributed by atoms with E-state index >= 15 is 0 Å². The van der Waals surface area contributed by atoms with Crippen molar-refractivity contribution in [1.82, 2.24) is 0 Å². The van der Waals surface area contributed by atoms with Crippen molar-refractivity contribution in [3.8, 4) is 0 Å². The second-order valence-corrected chi connectivity index (χ2v) is 2.56. The molecule has 0 radical (unpaired) electrons. The quantitative estimate of drug-likeness (QED) is 0.798. The second-order valence-electron chi connectivity index (χ2n) is 1.78. The van der Waals surface area contributed by atoms with E-state index in [-0.39, 0.29) is 6.42 Å². The zero-order chi connectivity index (χ0) is 7.56. The Morgan fingerprint density at radius 2 is 2.40 bits per heavy atom. The summed E-state index contributed by atoms with van der Waals surface area (Å²) in [5.74, 6) is -0.429. The zero-order valence-electron chi connectivity index (χ0n) is 5.00. The number of hydrogen-bond donors (Lipinski definition) is 1. The summed E-state index contributed by atoms with van der Waals surface area (Å²) in [6.07, 6.45) is -0.0639. The molecule has 0 saturated carbocycles. The van der Waals surface area contributed by atoms with Gasteiger partial charge >= 0.3 is 5.97 Å². The van der Waals surface area contributed by atoms with Crippen LogP contribution in [0.3, 0.4) is 0 Å². The van der Waals surface area contributed by atoms with Crippen molar-refractivity contribution in [1.29, 1.82) is 0 Å². The predicted octanol–water partition coefficient (Wildman–Crippen LogP) is 1.67. The first-order valence-corrected chi connectivity index (χ1v) is 3.44. The standard InChI is InChI=1S/C6H5BrO3/c7-5-2-1-4(10-5)3-6(8)9/h1-2H,3H2,(H,8,9). The molecule has 0 aliphatic carbocycles. The maximum absolute atomic E-state index is 10.1. The van der Waals surface area contributed by atoms with Gasteiger partial charge in [0.25, 0.3) is 0 Å². The Balaban J connectivity index is 2.67. The van der Waals surface area contributed by atoms with Crippen LogP contribution in [0.1, 0.15) is 5.76 Å². The summed E-state index contributed by atoms with van der Waals surface area (Å²) < 4.78 is 5.49. The number of carbonyl (C=O) groups is 1. The summed E-state index contributed by atoms with van der Waals surface area (Å²) in [5.41, 5.74) is 0.